The van der Waals surface area contributed by atoms with Crippen molar-refractivity contribution in [2.24, 2.45) is 4.99 Å². The highest BCUT2D eigenvalue weighted by Gasteiger charge is 2.15. The van der Waals surface area contributed by atoms with Crippen LogP contribution in [0.3, 0.4) is 0 Å². The lowest BCUT2D eigenvalue weighted by Gasteiger charge is -2.12. The maximum absolute atomic E-state index is 12.0. The normalized spacial score (nSPS) is 18.2. The van der Waals surface area contributed by atoms with Crippen molar-refractivity contribution in [1.29, 1.82) is 0 Å². The molecule has 26 heavy (non-hydrogen) atoms. The molecular formula is C16H28N4O4S2. The van der Waals surface area contributed by atoms with E-state index in [2.05, 4.69) is 20.3 Å². The third-order valence-corrected chi connectivity index (χ3v) is 6.49. The SMILES string of the molecule is CCNC(=NCCCOC1CCOC1)NCCNS(=O)(=O)c1cccs1. The van der Waals surface area contributed by atoms with Crippen LogP contribution in [0.4, 0.5) is 0 Å². The van der Waals surface area contributed by atoms with Gasteiger partial charge in [-0.1, -0.05) is 6.07 Å². The van der Waals surface area contributed by atoms with Crippen molar-refractivity contribution in [1.82, 2.24) is 15.4 Å². The summed E-state index contributed by atoms with van der Waals surface area (Å²) in [5, 5.41) is 8.01. The van der Waals surface area contributed by atoms with Crippen molar-refractivity contribution >= 4 is 27.3 Å². The number of ether oxygens (including phenoxy) is 2. The van der Waals surface area contributed by atoms with Crippen molar-refractivity contribution in [2.45, 2.75) is 30.1 Å². The van der Waals surface area contributed by atoms with Gasteiger partial charge < -0.3 is 20.1 Å². The Morgan fingerprint density at radius 3 is 3.00 bits per heavy atom. The summed E-state index contributed by atoms with van der Waals surface area (Å²) in [6.45, 7) is 6.24. The van der Waals surface area contributed by atoms with Gasteiger partial charge in [0.15, 0.2) is 5.96 Å². The van der Waals surface area contributed by atoms with Crippen LogP contribution >= 0.6 is 11.3 Å². The molecule has 0 saturated carbocycles. The third-order valence-electron chi connectivity index (χ3n) is 3.63. The molecule has 2 heterocycles. The van der Waals surface area contributed by atoms with Crippen LogP contribution in [0.15, 0.2) is 26.7 Å². The van der Waals surface area contributed by atoms with E-state index in [0.717, 1.165) is 26.0 Å². The summed E-state index contributed by atoms with van der Waals surface area (Å²) in [5.41, 5.74) is 0. The van der Waals surface area contributed by atoms with Crippen LogP contribution in [0.1, 0.15) is 19.8 Å². The zero-order valence-electron chi connectivity index (χ0n) is 15.1. The van der Waals surface area contributed by atoms with Gasteiger partial charge in [-0.15, -0.1) is 11.3 Å². The number of nitrogens with zero attached hydrogens (tertiary/aromatic N) is 1. The van der Waals surface area contributed by atoms with Gasteiger partial charge in [-0.05, 0) is 31.2 Å². The summed E-state index contributed by atoms with van der Waals surface area (Å²) < 4.78 is 37.9. The van der Waals surface area contributed by atoms with E-state index in [-0.39, 0.29) is 12.6 Å². The van der Waals surface area contributed by atoms with E-state index in [1.807, 2.05) is 6.92 Å². The molecular weight excluding hydrogens is 376 g/mol. The maximum atomic E-state index is 12.0. The number of hydrogen-bond donors (Lipinski definition) is 3. The first-order valence-corrected chi connectivity index (χ1v) is 11.2. The average Bonchev–Trinajstić information content (AvgIpc) is 3.31. The van der Waals surface area contributed by atoms with Gasteiger partial charge in [0, 0.05) is 39.4 Å². The molecule has 1 saturated heterocycles. The number of aliphatic imine (C=N–C) groups is 1. The van der Waals surface area contributed by atoms with E-state index >= 15 is 0 Å². The Balaban J connectivity index is 1.63. The second-order valence-electron chi connectivity index (χ2n) is 5.73. The van der Waals surface area contributed by atoms with Crippen molar-refractivity contribution in [2.75, 3.05) is 46.0 Å². The van der Waals surface area contributed by atoms with Gasteiger partial charge >= 0.3 is 0 Å². The smallest absolute Gasteiger partial charge is 0.250 e. The topological polar surface area (TPSA) is 101 Å². The molecule has 10 heteroatoms. The van der Waals surface area contributed by atoms with Crippen LogP contribution in [-0.4, -0.2) is 66.5 Å². The third kappa shape index (κ3) is 7.58. The Bertz CT molecular complexity index is 629. The van der Waals surface area contributed by atoms with Crippen LogP contribution in [0, 0.1) is 0 Å². The van der Waals surface area contributed by atoms with E-state index in [1.54, 1.807) is 17.5 Å². The van der Waals surface area contributed by atoms with Gasteiger partial charge in [0.2, 0.25) is 10.0 Å². The van der Waals surface area contributed by atoms with Gasteiger partial charge in [-0.3, -0.25) is 4.99 Å². The number of sulfonamides is 1. The molecule has 1 atom stereocenters. The Hall–Kier alpha value is -1.20. The van der Waals surface area contributed by atoms with Gasteiger partial charge in [0.25, 0.3) is 0 Å². The number of thiophene rings is 1. The minimum atomic E-state index is -3.42. The molecule has 1 fully saturated rings. The van der Waals surface area contributed by atoms with E-state index in [0.29, 0.717) is 36.5 Å². The summed E-state index contributed by atoms with van der Waals surface area (Å²) in [7, 11) is -3.42. The number of guanidine groups is 1. The Kier molecular flexibility index (Phi) is 9.33. The van der Waals surface area contributed by atoms with E-state index < -0.39 is 10.0 Å². The lowest BCUT2D eigenvalue weighted by Crippen LogP contribution is -2.41. The fraction of sp³-hybridized carbons (Fsp3) is 0.688. The zero-order chi connectivity index (χ0) is 18.7. The molecule has 1 aromatic rings. The zero-order valence-corrected chi connectivity index (χ0v) is 16.7. The minimum Gasteiger partial charge on any atom is -0.379 e. The summed E-state index contributed by atoms with van der Waals surface area (Å²) in [6.07, 6.45) is 2.02. The fourth-order valence-corrected chi connectivity index (χ4v) is 4.41. The summed E-state index contributed by atoms with van der Waals surface area (Å²) in [6, 6.07) is 3.31. The van der Waals surface area contributed by atoms with Crippen LogP contribution in [-0.2, 0) is 19.5 Å². The molecule has 0 bridgehead atoms. The minimum absolute atomic E-state index is 0.224. The lowest BCUT2D eigenvalue weighted by molar-refractivity contribution is 0.0424. The molecule has 1 unspecified atom stereocenters. The second kappa shape index (κ2) is 11.5. The van der Waals surface area contributed by atoms with Crippen molar-refractivity contribution in [3.63, 3.8) is 0 Å². The monoisotopic (exact) mass is 404 g/mol. The number of nitrogens with one attached hydrogen (secondary N) is 3. The van der Waals surface area contributed by atoms with Crippen molar-refractivity contribution in [3.8, 4) is 0 Å². The molecule has 3 N–H and O–H groups in total. The maximum Gasteiger partial charge on any atom is 0.250 e. The molecule has 0 radical (unpaired) electrons. The Labute approximate surface area is 159 Å². The summed E-state index contributed by atoms with van der Waals surface area (Å²) in [4.78, 5) is 4.47. The Morgan fingerprint density at radius 1 is 1.42 bits per heavy atom. The van der Waals surface area contributed by atoms with Crippen LogP contribution in [0.25, 0.3) is 0 Å². The molecule has 1 aliphatic heterocycles. The van der Waals surface area contributed by atoms with Gasteiger partial charge in [-0.2, -0.15) is 0 Å². The average molecular weight is 405 g/mol. The summed E-state index contributed by atoms with van der Waals surface area (Å²) >= 11 is 1.20. The first kappa shape index (κ1) is 21.1. The molecule has 1 aliphatic rings. The van der Waals surface area contributed by atoms with E-state index in [1.165, 1.54) is 11.3 Å². The van der Waals surface area contributed by atoms with Crippen LogP contribution in [0.5, 0.6) is 0 Å². The largest absolute Gasteiger partial charge is 0.379 e. The molecule has 148 valence electrons. The predicted molar refractivity (Wildman–Crippen MR) is 103 cm³/mol. The molecule has 0 spiro atoms. The lowest BCUT2D eigenvalue weighted by atomic mass is 10.3. The van der Waals surface area contributed by atoms with Crippen molar-refractivity contribution in [3.05, 3.63) is 17.5 Å². The first-order chi connectivity index (χ1) is 12.6. The molecule has 1 aromatic heterocycles. The number of rotatable bonds is 11. The van der Waals surface area contributed by atoms with E-state index in [4.69, 9.17) is 9.47 Å². The highest BCUT2D eigenvalue weighted by atomic mass is 32.2. The molecule has 2 rings (SSSR count). The van der Waals surface area contributed by atoms with Gasteiger partial charge in [0.1, 0.15) is 4.21 Å². The first-order valence-electron chi connectivity index (χ1n) is 8.86. The quantitative estimate of drug-likeness (QED) is 0.286. The van der Waals surface area contributed by atoms with Crippen LogP contribution in [0.2, 0.25) is 0 Å². The fourth-order valence-electron chi connectivity index (χ4n) is 2.35. The molecule has 0 amide bonds. The predicted octanol–water partition coefficient (Wildman–Crippen LogP) is 0.777. The van der Waals surface area contributed by atoms with Gasteiger partial charge in [-0.25, -0.2) is 13.1 Å². The highest BCUT2D eigenvalue weighted by molar-refractivity contribution is 7.91. The Morgan fingerprint density at radius 2 is 2.31 bits per heavy atom. The van der Waals surface area contributed by atoms with Gasteiger partial charge in [0.05, 0.1) is 12.7 Å². The van der Waals surface area contributed by atoms with E-state index in [9.17, 15) is 8.42 Å². The molecule has 0 aromatic carbocycles. The number of hydrogen-bond acceptors (Lipinski definition) is 6. The summed E-state index contributed by atoms with van der Waals surface area (Å²) in [5.74, 6) is 0.673. The van der Waals surface area contributed by atoms with Crippen molar-refractivity contribution < 1.29 is 17.9 Å². The second-order valence-corrected chi connectivity index (χ2v) is 8.67. The molecule has 0 aliphatic carbocycles. The molecule has 8 nitrogen and oxygen atoms in total. The standard InChI is InChI=1S/C16H28N4O4S2/c1-2-17-16(18-7-4-10-24-14-6-11-23-13-14)19-8-9-20-26(21,22)15-5-3-12-25-15/h3,5,12,14,20H,2,4,6-11,13H2,1H3,(H2,17,18,19). The highest BCUT2D eigenvalue weighted by Crippen LogP contribution is 2.14. The van der Waals surface area contributed by atoms with Crippen LogP contribution < -0.4 is 15.4 Å².